The van der Waals surface area contributed by atoms with Crippen LogP contribution in [0.2, 0.25) is 0 Å². The van der Waals surface area contributed by atoms with E-state index in [9.17, 15) is 22.8 Å². The van der Waals surface area contributed by atoms with Crippen LogP contribution in [0.5, 0.6) is 0 Å². The maximum Gasteiger partial charge on any atom is 0.416 e. The second-order valence-electron chi connectivity index (χ2n) is 5.55. The number of benzene rings is 1. The Morgan fingerprint density at radius 1 is 1.41 bits per heavy atom. The molecule has 0 spiro atoms. The molecule has 5 nitrogen and oxygen atoms in total. The van der Waals surface area contributed by atoms with E-state index in [1.807, 2.05) is 0 Å². The number of esters is 1. The molecule has 0 amide bonds. The third kappa shape index (κ3) is 4.32. The van der Waals surface area contributed by atoms with Crippen molar-refractivity contribution in [1.29, 1.82) is 0 Å². The number of rotatable bonds is 5. The van der Waals surface area contributed by atoms with Gasteiger partial charge in [-0.3, -0.25) is 14.2 Å². The van der Waals surface area contributed by atoms with Gasteiger partial charge in [0.1, 0.15) is 0 Å². The molecule has 0 radical (unpaired) electrons. The Morgan fingerprint density at radius 2 is 2.19 bits per heavy atom. The summed E-state index contributed by atoms with van der Waals surface area (Å²) in [6.07, 6.45) is -3.93. The number of fused-ring (bicyclic) bond motifs is 1. The first-order chi connectivity index (χ1) is 12.8. The highest BCUT2D eigenvalue weighted by Gasteiger charge is 2.31. The Labute approximate surface area is 161 Å². The molecule has 0 saturated carbocycles. The third-order valence-electron chi connectivity index (χ3n) is 3.72. The van der Waals surface area contributed by atoms with Gasteiger partial charge in [0.2, 0.25) is 0 Å². The van der Waals surface area contributed by atoms with E-state index in [0.29, 0.717) is 22.8 Å². The maximum atomic E-state index is 13.1. The molecule has 0 aliphatic carbocycles. The Kier molecular flexibility index (Phi) is 5.85. The van der Waals surface area contributed by atoms with Crippen molar-refractivity contribution in [2.45, 2.75) is 29.6 Å². The van der Waals surface area contributed by atoms with Crippen LogP contribution in [-0.2, 0) is 22.1 Å². The molecule has 2 heterocycles. The van der Waals surface area contributed by atoms with E-state index < -0.39 is 23.3 Å². The van der Waals surface area contributed by atoms with Gasteiger partial charge in [-0.2, -0.15) is 13.2 Å². The fourth-order valence-electron chi connectivity index (χ4n) is 2.56. The number of hydrogen-bond donors (Lipinski definition) is 0. The molecule has 1 aliphatic heterocycles. The van der Waals surface area contributed by atoms with Gasteiger partial charge in [-0.05, 0) is 25.1 Å². The first kappa shape index (κ1) is 19.8. The van der Waals surface area contributed by atoms with Crippen LogP contribution in [-0.4, -0.2) is 33.6 Å². The van der Waals surface area contributed by atoms with Crippen molar-refractivity contribution in [3.05, 3.63) is 45.9 Å². The van der Waals surface area contributed by atoms with Gasteiger partial charge in [0.15, 0.2) is 5.16 Å². The predicted molar refractivity (Wildman–Crippen MR) is 96.6 cm³/mol. The molecule has 0 fully saturated rings. The molecule has 144 valence electrons. The Hall–Kier alpha value is -1.94. The van der Waals surface area contributed by atoms with Gasteiger partial charge in [-0.15, -0.1) is 11.8 Å². The van der Waals surface area contributed by atoms with E-state index in [4.69, 9.17) is 4.74 Å². The molecule has 1 aliphatic rings. The van der Waals surface area contributed by atoms with Gasteiger partial charge in [0, 0.05) is 12.2 Å². The fourth-order valence-corrected chi connectivity index (χ4v) is 4.42. The summed E-state index contributed by atoms with van der Waals surface area (Å²) < 4.78 is 45.2. The monoisotopic (exact) mass is 416 g/mol. The van der Waals surface area contributed by atoms with Crippen LogP contribution in [0.25, 0.3) is 5.69 Å². The van der Waals surface area contributed by atoms with Gasteiger partial charge in [-0.25, -0.2) is 4.98 Å². The number of carbonyl (C=O) groups excluding carboxylic acids is 1. The smallest absolute Gasteiger partial charge is 0.416 e. The third-order valence-corrected chi connectivity index (χ3v) is 5.74. The molecule has 2 aromatic rings. The lowest BCUT2D eigenvalue weighted by Crippen LogP contribution is -2.24. The topological polar surface area (TPSA) is 61.2 Å². The van der Waals surface area contributed by atoms with Crippen LogP contribution in [0.1, 0.15) is 18.2 Å². The van der Waals surface area contributed by atoms with E-state index in [-0.39, 0.29) is 23.2 Å². The number of nitrogens with zero attached hydrogens (tertiary/aromatic N) is 2. The van der Waals surface area contributed by atoms with Gasteiger partial charge < -0.3 is 4.74 Å². The maximum absolute atomic E-state index is 13.1. The highest BCUT2D eigenvalue weighted by Crippen LogP contribution is 2.33. The zero-order valence-electron chi connectivity index (χ0n) is 14.2. The van der Waals surface area contributed by atoms with Gasteiger partial charge in [0.05, 0.1) is 34.2 Å². The Balaban J connectivity index is 2.08. The van der Waals surface area contributed by atoms with Crippen molar-refractivity contribution in [2.75, 3.05) is 18.1 Å². The number of hydrogen-bond acceptors (Lipinski definition) is 6. The lowest BCUT2D eigenvalue weighted by atomic mass is 10.2. The SMILES string of the molecule is CCOC(=O)CSc1nc2c(c(=O)n1-c1cccc(C(F)(F)F)c1)SCC2. The highest BCUT2D eigenvalue weighted by atomic mass is 32.2. The summed E-state index contributed by atoms with van der Waals surface area (Å²) in [4.78, 5) is 29.4. The van der Waals surface area contributed by atoms with Gasteiger partial charge in [0.25, 0.3) is 5.56 Å². The minimum absolute atomic E-state index is 0.0592. The minimum Gasteiger partial charge on any atom is -0.465 e. The van der Waals surface area contributed by atoms with Crippen molar-refractivity contribution in [3.63, 3.8) is 0 Å². The number of aromatic nitrogens is 2. The highest BCUT2D eigenvalue weighted by molar-refractivity contribution is 8.00. The van der Waals surface area contributed by atoms with Crippen LogP contribution < -0.4 is 5.56 Å². The first-order valence-corrected chi connectivity index (χ1v) is 10.0. The van der Waals surface area contributed by atoms with Crippen molar-refractivity contribution < 1.29 is 22.7 Å². The average molecular weight is 416 g/mol. The summed E-state index contributed by atoms with van der Waals surface area (Å²) >= 11 is 2.31. The molecule has 0 unspecified atom stereocenters. The zero-order valence-corrected chi connectivity index (χ0v) is 15.8. The summed E-state index contributed by atoms with van der Waals surface area (Å²) in [6, 6.07) is 4.50. The summed E-state index contributed by atoms with van der Waals surface area (Å²) in [5.74, 6) is 0.111. The summed E-state index contributed by atoms with van der Waals surface area (Å²) in [6.45, 7) is 1.89. The van der Waals surface area contributed by atoms with E-state index >= 15 is 0 Å². The van der Waals surface area contributed by atoms with E-state index in [0.717, 1.165) is 28.5 Å². The average Bonchev–Trinajstić information content (AvgIpc) is 3.08. The molecular formula is C17H15F3N2O3S2. The molecular weight excluding hydrogens is 401 g/mol. The van der Waals surface area contributed by atoms with E-state index in [2.05, 4.69) is 4.98 Å². The molecule has 27 heavy (non-hydrogen) atoms. The van der Waals surface area contributed by atoms with E-state index in [1.54, 1.807) is 6.92 Å². The molecule has 1 aromatic heterocycles. The lowest BCUT2D eigenvalue weighted by molar-refractivity contribution is -0.140. The van der Waals surface area contributed by atoms with Crippen molar-refractivity contribution >= 4 is 29.5 Å². The van der Waals surface area contributed by atoms with Gasteiger partial charge >= 0.3 is 12.1 Å². The Morgan fingerprint density at radius 3 is 2.89 bits per heavy atom. The Bertz CT molecular complexity index is 929. The lowest BCUT2D eigenvalue weighted by Gasteiger charge is -2.15. The van der Waals surface area contributed by atoms with Gasteiger partial charge in [-0.1, -0.05) is 17.8 Å². The number of ether oxygens (including phenoxy) is 1. The largest absolute Gasteiger partial charge is 0.465 e. The van der Waals surface area contributed by atoms with E-state index in [1.165, 1.54) is 23.9 Å². The number of aryl methyl sites for hydroxylation is 1. The standard InChI is InChI=1S/C17H15F3N2O3S2/c1-2-25-13(23)9-27-16-21-12-6-7-26-14(12)15(24)22(16)11-5-3-4-10(8-11)17(18,19)20/h3-5,8H,2,6-7,9H2,1H3. The fraction of sp³-hybridized carbons (Fsp3) is 0.353. The summed E-state index contributed by atoms with van der Waals surface area (Å²) in [7, 11) is 0. The first-order valence-electron chi connectivity index (χ1n) is 8.06. The molecule has 10 heteroatoms. The van der Waals surface area contributed by atoms with Crippen LogP contribution in [0, 0.1) is 0 Å². The summed E-state index contributed by atoms with van der Waals surface area (Å²) in [5.41, 5.74) is -0.613. The normalized spacial score (nSPS) is 13.5. The minimum atomic E-state index is -4.53. The molecule has 0 atom stereocenters. The van der Waals surface area contributed by atoms with Crippen molar-refractivity contribution in [3.8, 4) is 5.69 Å². The molecule has 0 bridgehead atoms. The predicted octanol–water partition coefficient (Wildman–Crippen LogP) is 3.55. The van der Waals surface area contributed by atoms with Crippen LogP contribution >= 0.6 is 23.5 Å². The summed E-state index contributed by atoms with van der Waals surface area (Å²) in [5, 5.41) is 0.175. The molecule has 0 saturated heterocycles. The number of alkyl halides is 3. The second kappa shape index (κ2) is 7.97. The number of carbonyl (C=O) groups is 1. The van der Waals surface area contributed by atoms with Crippen LogP contribution in [0.15, 0.2) is 39.1 Å². The van der Waals surface area contributed by atoms with Crippen LogP contribution in [0.4, 0.5) is 13.2 Å². The number of thioether (sulfide) groups is 2. The second-order valence-corrected chi connectivity index (χ2v) is 7.60. The molecule has 1 aromatic carbocycles. The quantitative estimate of drug-likeness (QED) is 0.422. The van der Waals surface area contributed by atoms with Crippen molar-refractivity contribution in [1.82, 2.24) is 9.55 Å². The van der Waals surface area contributed by atoms with Crippen LogP contribution in [0.3, 0.4) is 0 Å². The number of halogens is 3. The molecule has 0 N–H and O–H groups in total. The van der Waals surface area contributed by atoms with Crippen molar-refractivity contribution in [2.24, 2.45) is 0 Å². The molecule has 3 rings (SSSR count). The zero-order chi connectivity index (χ0) is 19.6.